The lowest BCUT2D eigenvalue weighted by Crippen LogP contribution is -2.61. The minimum atomic E-state index is -0.414. The summed E-state index contributed by atoms with van der Waals surface area (Å²) in [6.07, 6.45) is 2.21. The lowest BCUT2D eigenvalue weighted by atomic mass is 9.45. The van der Waals surface area contributed by atoms with E-state index < -0.39 is 6.85 Å². The van der Waals surface area contributed by atoms with Crippen LogP contribution in [0.25, 0.3) is 66.0 Å². The number of benzene rings is 9. The maximum absolute atomic E-state index is 7.76. The van der Waals surface area contributed by atoms with Crippen LogP contribution < -0.4 is 25.7 Å². The summed E-state index contributed by atoms with van der Waals surface area (Å²) in [5.74, 6) is 0. The van der Waals surface area contributed by atoms with Crippen LogP contribution in [0.15, 0.2) is 183 Å². The predicted octanol–water partition coefficient (Wildman–Crippen LogP) is 21.9. The van der Waals surface area contributed by atoms with Gasteiger partial charge < -0.3 is 27.9 Å². The third-order valence-corrected chi connectivity index (χ3v) is 19.9. The quantitative estimate of drug-likeness (QED) is 0.160. The van der Waals surface area contributed by atoms with Crippen molar-refractivity contribution < 1.29 is 13.3 Å². The number of anilines is 8. The van der Waals surface area contributed by atoms with Crippen molar-refractivity contribution in [3.8, 4) is 11.1 Å². The Labute approximate surface area is 513 Å². The molecule has 3 aliphatic rings. The fourth-order valence-electron chi connectivity index (χ4n) is 14.6. The molecule has 0 spiro atoms. The zero-order valence-electron chi connectivity index (χ0n) is 53.7. The van der Waals surface area contributed by atoms with Crippen molar-refractivity contribution in [3.05, 3.63) is 203 Å². The van der Waals surface area contributed by atoms with Crippen LogP contribution in [-0.2, 0) is 32.5 Å². The van der Waals surface area contributed by atoms with Crippen molar-refractivity contribution in [1.82, 2.24) is 0 Å². The van der Waals surface area contributed by atoms with Crippen molar-refractivity contribution in [3.63, 3.8) is 0 Å². The molecule has 9 aromatic carbocycles. The topological polar surface area (TPSA) is 49.1 Å². The van der Waals surface area contributed by atoms with E-state index in [0.29, 0.717) is 0 Å². The van der Waals surface area contributed by atoms with Crippen LogP contribution >= 0.6 is 0 Å². The molecule has 0 radical (unpaired) electrons. The molecule has 7 heteroatoms. The molecule has 5 heterocycles. The molecule has 0 unspecified atom stereocenters. The van der Waals surface area contributed by atoms with Crippen LogP contribution in [0.2, 0.25) is 0 Å². The molecule has 0 atom stereocenters. The lowest BCUT2D eigenvalue weighted by Gasteiger charge is -2.44. The van der Waals surface area contributed by atoms with Gasteiger partial charge in [0.1, 0.15) is 28.0 Å². The number of nitrogens with zero attached hydrogens (tertiary/aromatic N) is 3. The van der Waals surface area contributed by atoms with E-state index in [1.807, 2.05) is 0 Å². The summed E-state index contributed by atoms with van der Waals surface area (Å²) in [5, 5.41) is 5.39. The SMILES string of the molecule is CC(C)(C)c1ccc(N2B3c4oc5cc6c(cc5c4N(c4ccc(C(C)(C)C)cc4)c4c3c(cc3c4oc4ccccc43)-c3cc4c(cc32)oc2cc(N(c3ccc(C(C)(C)C)cc3)c3ccc(C(C)(C)C)cc3)ccc24)C(C)(C)CCC6(C)C)cc1. The first-order valence-electron chi connectivity index (χ1n) is 31.5. The van der Waals surface area contributed by atoms with Gasteiger partial charge in [-0.3, -0.25) is 0 Å². The molecule has 0 amide bonds. The molecule has 0 N–H and O–H groups in total. The molecule has 0 fully saturated rings. The first-order chi connectivity index (χ1) is 41.1. The zero-order chi connectivity index (χ0) is 60.8. The molecule has 87 heavy (non-hydrogen) atoms. The van der Waals surface area contributed by atoms with Crippen LogP contribution in [0, 0.1) is 0 Å². The normalized spacial score (nSPS) is 15.6. The molecule has 0 bridgehead atoms. The Hall–Kier alpha value is -8.42. The van der Waals surface area contributed by atoms with Crippen molar-refractivity contribution in [2.75, 3.05) is 14.6 Å². The summed E-state index contributed by atoms with van der Waals surface area (Å²) in [4.78, 5) is 7.43. The van der Waals surface area contributed by atoms with Crippen LogP contribution in [0.5, 0.6) is 0 Å². The van der Waals surface area contributed by atoms with E-state index in [1.165, 1.54) is 33.4 Å². The molecule has 6 nitrogen and oxygen atoms in total. The summed E-state index contributed by atoms with van der Waals surface area (Å²) in [6.45, 7) is 36.7. The van der Waals surface area contributed by atoms with Gasteiger partial charge in [0.05, 0.1) is 11.4 Å². The molecule has 15 rings (SSSR count). The van der Waals surface area contributed by atoms with Gasteiger partial charge in [0.25, 0.3) is 0 Å². The van der Waals surface area contributed by atoms with Crippen molar-refractivity contribution >= 4 is 118 Å². The molecule has 1 aliphatic carbocycles. The van der Waals surface area contributed by atoms with Gasteiger partial charge in [0.15, 0.2) is 5.58 Å². The average Bonchev–Trinajstić information content (AvgIpc) is 1.64. The fourth-order valence-corrected chi connectivity index (χ4v) is 14.6. The van der Waals surface area contributed by atoms with Gasteiger partial charge in [0.2, 0.25) is 0 Å². The Morgan fingerprint density at radius 2 is 0.885 bits per heavy atom. The Kier molecular flexibility index (Phi) is 11.8. The summed E-state index contributed by atoms with van der Waals surface area (Å²) in [7, 11) is 0. The Morgan fingerprint density at radius 1 is 0.402 bits per heavy atom. The third-order valence-electron chi connectivity index (χ3n) is 19.9. The number of rotatable bonds is 5. The van der Waals surface area contributed by atoms with Gasteiger partial charge in [-0.1, -0.05) is 178 Å². The summed E-state index contributed by atoms with van der Waals surface area (Å²) in [6, 6.07) is 64.1. The maximum Gasteiger partial charge on any atom is 0.376 e. The number of hydrogen-bond acceptors (Lipinski definition) is 6. The minimum Gasteiger partial charge on any atom is -0.466 e. The summed E-state index contributed by atoms with van der Waals surface area (Å²) >= 11 is 0. The van der Waals surface area contributed by atoms with Crippen LogP contribution in [0.4, 0.5) is 45.5 Å². The largest absolute Gasteiger partial charge is 0.466 e. The van der Waals surface area contributed by atoms with Gasteiger partial charge in [-0.15, -0.1) is 0 Å². The molecule has 0 saturated heterocycles. The number of para-hydroxylation sites is 1. The molecule has 2 aliphatic heterocycles. The minimum absolute atomic E-state index is 0.0220. The Balaban J connectivity index is 1.03. The smallest absolute Gasteiger partial charge is 0.376 e. The van der Waals surface area contributed by atoms with E-state index in [9.17, 15) is 0 Å². The van der Waals surface area contributed by atoms with E-state index >= 15 is 0 Å². The highest BCUT2D eigenvalue weighted by Gasteiger charge is 2.51. The van der Waals surface area contributed by atoms with E-state index in [4.69, 9.17) is 13.3 Å². The second-order valence-corrected chi connectivity index (χ2v) is 30.9. The van der Waals surface area contributed by atoms with Crippen LogP contribution in [-0.4, -0.2) is 6.85 Å². The zero-order valence-corrected chi connectivity index (χ0v) is 53.7. The highest BCUT2D eigenvalue weighted by Crippen LogP contribution is 2.56. The third kappa shape index (κ3) is 8.63. The van der Waals surface area contributed by atoms with Crippen LogP contribution in [0.1, 0.15) is 157 Å². The van der Waals surface area contributed by atoms with Crippen molar-refractivity contribution in [2.24, 2.45) is 0 Å². The second-order valence-electron chi connectivity index (χ2n) is 30.9. The Morgan fingerprint density at radius 3 is 1.46 bits per heavy atom. The van der Waals surface area contributed by atoms with Gasteiger partial charge in [0, 0.05) is 78.8 Å². The van der Waals surface area contributed by atoms with E-state index in [1.54, 1.807) is 0 Å². The van der Waals surface area contributed by atoms with Crippen molar-refractivity contribution in [1.29, 1.82) is 0 Å². The summed E-state index contributed by atoms with van der Waals surface area (Å²) < 4.78 is 22.4. The van der Waals surface area contributed by atoms with Gasteiger partial charge >= 0.3 is 6.85 Å². The first kappa shape index (κ1) is 55.2. The Bertz CT molecular complexity index is 4720. The predicted molar refractivity (Wildman–Crippen MR) is 369 cm³/mol. The molecule has 436 valence electrons. The first-order valence-corrected chi connectivity index (χ1v) is 31.5. The second kappa shape index (κ2) is 18.6. The standard InChI is InChI=1S/C80H80BN3O3/c1-75(2,3)47-21-29-51(30-22-47)82(52-31-23-48(24-32-52)76(4,5)6)55-37-38-57-59-42-58-60-43-61-56-19-17-18-20-66(56)86-73(61)72-70(60)81(84(65(58)46-69(59)85-67(57)41-55)54-35-27-50(28-36-54)78(10,11)12)74-71(83(72)53-33-25-49(26-34-53)77(7,8)9)62-44-63-64(45-68(62)87-74)80(15,16)40-39-79(63,13)14/h17-38,41-46H,39-40H2,1-16H3. The molecular formula is C80H80BN3O3. The number of fused-ring (bicyclic) bond motifs is 14. The van der Waals surface area contributed by atoms with E-state index in [0.717, 1.165) is 135 Å². The molecule has 3 aromatic heterocycles. The lowest BCUT2D eigenvalue weighted by molar-refractivity contribution is 0.332. The van der Waals surface area contributed by atoms with Crippen LogP contribution in [0.3, 0.4) is 0 Å². The van der Waals surface area contributed by atoms with Gasteiger partial charge in [-0.25, -0.2) is 0 Å². The number of furan rings is 3. The molecular weight excluding hydrogens is 1060 g/mol. The number of hydrogen-bond donors (Lipinski definition) is 0. The maximum atomic E-state index is 7.76. The van der Waals surface area contributed by atoms with Crippen molar-refractivity contribution in [2.45, 2.75) is 156 Å². The monoisotopic (exact) mass is 1140 g/mol. The van der Waals surface area contributed by atoms with Gasteiger partial charge in [-0.05, 0) is 181 Å². The average molecular weight is 1140 g/mol. The summed E-state index contributed by atoms with van der Waals surface area (Å²) in [5.41, 5.74) is 24.8. The van der Waals surface area contributed by atoms with E-state index in [2.05, 4.69) is 295 Å². The molecule has 12 aromatic rings. The highest BCUT2D eigenvalue weighted by atomic mass is 16.3. The highest BCUT2D eigenvalue weighted by molar-refractivity contribution is 6.93. The van der Waals surface area contributed by atoms with E-state index in [-0.39, 0.29) is 32.5 Å². The molecule has 0 saturated carbocycles. The van der Waals surface area contributed by atoms with Gasteiger partial charge in [-0.2, -0.15) is 0 Å². The fraction of sp³-hybridized carbons (Fsp3) is 0.300.